The van der Waals surface area contributed by atoms with Crippen molar-refractivity contribution in [3.05, 3.63) is 77.9 Å². The van der Waals surface area contributed by atoms with Crippen LogP contribution in [0.3, 0.4) is 0 Å². The van der Waals surface area contributed by atoms with Crippen LogP contribution in [0.15, 0.2) is 71.1 Å². The van der Waals surface area contributed by atoms with Crippen LogP contribution in [0.25, 0.3) is 5.57 Å². The van der Waals surface area contributed by atoms with Crippen LogP contribution < -0.4 is 4.72 Å². The van der Waals surface area contributed by atoms with Crippen molar-refractivity contribution in [2.75, 3.05) is 14.1 Å². The van der Waals surface area contributed by atoms with Crippen molar-refractivity contribution >= 4 is 27.5 Å². The molecule has 0 aromatic heterocycles. The lowest BCUT2D eigenvalue weighted by Crippen LogP contribution is -2.32. The van der Waals surface area contributed by atoms with Crippen LogP contribution in [0.4, 0.5) is 0 Å². The van der Waals surface area contributed by atoms with Crippen molar-refractivity contribution in [2.45, 2.75) is 6.92 Å². The molecule has 0 spiro atoms. The molecule has 26 heavy (non-hydrogen) atoms. The lowest BCUT2D eigenvalue weighted by molar-refractivity contribution is 0.0981. The van der Waals surface area contributed by atoms with E-state index in [9.17, 15) is 13.2 Å². The summed E-state index contributed by atoms with van der Waals surface area (Å²) in [7, 11) is -0.842. The van der Waals surface area contributed by atoms with Crippen molar-refractivity contribution < 1.29 is 13.2 Å². The average Bonchev–Trinajstić information content (AvgIpc) is 2.62. The molecule has 7 heteroatoms. The van der Waals surface area contributed by atoms with E-state index in [1.165, 1.54) is 12.1 Å². The Kier molecular flexibility index (Phi) is 6.30. The number of carbonyl (C=O) groups is 1. The highest BCUT2D eigenvalue weighted by atomic mass is 32.2. The molecule has 0 aliphatic carbocycles. The number of nitrogens with one attached hydrogen (secondary N) is 1. The Balaban J connectivity index is 2.36. The van der Waals surface area contributed by atoms with Crippen molar-refractivity contribution in [2.24, 2.45) is 4.40 Å². The summed E-state index contributed by atoms with van der Waals surface area (Å²) in [5, 5.41) is 0. The van der Waals surface area contributed by atoms with E-state index in [0.717, 1.165) is 5.56 Å². The zero-order valence-electron chi connectivity index (χ0n) is 14.9. The molecule has 0 aliphatic rings. The SMILES string of the molecule is C/C=C(/C(=N/S(=O)(=O)NC(=O)c1ccccc1)N(C)C)c1ccccc1. The highest BCUT2D eigenvalue weighted by Gasteiger charge is 2.19. The van der Waals surface area contributed by atoms with E-state index in [1.807, 2.05) is 35.1 Å². The van der Waals surface area contributed by atoms with Crippen LogP contribution in [0.1, 0.15) is 22.8 Å². The molecule has 1 N–H and O–H groups in total. The van der Waals surface area contributed by atoms with Gasteiger partial charge in [0.1, 0.15) is 0 Å². The molecule has 0 saturated carbocycles. The topological polar surface area (TPSA) is 78.8 Å². The molecule has 136 valence electrons. The first-order valence-corrected chi connectivity index (χ1v) is 9.39. The molecule has 0 fully saturated rings. The van der Waals surface area contributed by atoms with Crippen LogP contribution in [0.2, 0.25) is 0 Å². The van der Waals surface area contributed by atoms with Crippen molar-refractivity contribution in [3.8, 4) is 0 Å². The minimum Gasteiger partial charge on any atom is -0.362 e. The smallest absolute Gasteiger partial charge is 0.346 e. The molecule has 0 bridgehead atoms. The molecule has 0 heterocycles. The van der Waals surface area contributed by atoms with Gasteiger partial charge in [0.15, 0.2) is 5.84 Å². The summed E-state index contributed by atoms with van der Waals surface area (Å²) in [5.41, 5.74) is 1.71. The Morgan fingerprint density at radius 2 is 1.46 bits per heavy atom. The monoisotopic (exact) mass is 371 g/mol. The third kappa shape index (κ3) is 5.03. The van der Waals surface area contributed by atoms with Crippen LogP contribution >= 0.6 is 0 Å². The Labute approximate surface area is 154 Å². The summed E-state index contributed by atoms with van der Waals surface area (Å²) in [6.45, 7) is 1.80. The predicted octanol–water partition coefficient (Wildman–Crippen LogP) is 2.72. The normalized spacial score (nSPS) is 12.6. The minimum atomic E-state index is -4.23. The molecule has 0 radical (unpaired) electrons. The number of hydrogen-bond donors (Lipinski definition) is 1. The van der Waals surface area contributed by atoms with Crippen LogP contribution in [0.5, 0.6) is 0 Å². The number of carbonyl (C=O) groups excluding carboxylic acids is 1. The first kappa shape index (κ1) is 19.4. The maximum Gasteiger partial charge on any atom is 0.346 e. The summed E-state index contributed by atoms with van der Waals surface area (Å²) >= 11 is 0. The molecule has 2 rings (SSSR count). The van der Waals surface area contributed by atoms with Crippen LogP contribution in [-0.4, -0.2) is 39.2 Å². The first-order valence-electron chi connectivity index (χ1n) is 7.95. The minimum absolute atomic E-state index is 0.229. The molecule has 0 aliphatic heterocycles. The number of amidine groups is 1. The van der Waals surface area contributed by atoms with E-state index < -0.39 is 16.1 Å². The van der Waals surface area contributed by atoms with Gasteiger partial charge in [0.2, 0.25) is 0 Å². The number of likely N-dealkylation sites (N-methyl/N-ethyl adjacent to an activating group) is 1. The predicted molar refractivity (Wildman–Crippen MR) is 104 cm³/mol. The second-order valence-electron chi connectivity index (χ2n) is 5.65. The van der Waals surface area contributed by atoms with Gasteiger partial charge in [0, 0.05) is 25.2 Å². The standard InChI is InChI=1S/C19H21N3O3S/c1-4-17(15-11-7-5-8-12-15)18(22(2)3)20-26(24,25)21-19(23)16-13-9-6-10-14-16/h4-14H,1-3H3,(H,21,23)/b17-4+,20-18-. The van der Waals surface area contributed by atoms with Gasteiger partial charge in [-0.15, -0.1) is 4.40 Å². The third-order valence-electron chi connectivity index (χ3n) is 3.50. The lowest BCUT2D eigenvalue weighted by Gasteiger charge is -2.19. The van der Waals surface area contributed by atoms with Gasteiger partial charge >= 0.3 is 10.2 Å². The Hall–Kier alpha value is -2.93. The third-order valence-corrected chi connectivity index (χ3v) is 4.36. The van der Waals surface area contributed by atoms with Gasteiger partial charge in [-0.05, 0) is 24.6 Å². The maximum absolute atomic E-state index is 12.4. The summed E-state index contributed by atoms with van der Waals surface area (Å²) in [5.74, 6) is -0.499. The molecule has 2 aromatic rings. The van der Waals surface area contributed by atoms with Crippen LogP contribution in [0, 0.1) is 0 Å². The lowest BCUT2D eigenvalue weighted by atomic mass is 10.0. The number of hydrogen-bond acceptors (Lipinski definition) is 3. The summed E-state index contributed by atoms with van der Waals surface area (Å²) in [6, 6.07) is 17.4. The fourth-order valence-corrected chi connectivity index (χ4v) is 3.20. The highest BCUT2D eigenvalue weighted by molar-refractivity contribution is 7.89. The maximum atomic E-state index is 12.4. The number of nitrogens with zero attached hydrogens (tertiary/aromatic N) is 2. The zero-order chi connectivity index (χ0) is 19.2. The molecule has 6 nitrogen and oxygen atoms in total. The van der Waals surface area contributed by atoms with E-state index in [-0.39, 0.29) is 11.4 Å². The zero-order valence-corrected chi connectivity index (χ0v) is 15.7. The Morgan fingerprint density at radius 1 is 0.962 bits per heavy atom. The fraction of sp³-hybridized carbons (Fsp3) is 0.158. The molecule has 0 saturated heterocycles. The molecule has 0 atom stereocenters. The highest BCUT2D eigenvalue weighted by Crippen LogP contribution is 2.18. The fourth-order valence-electron chi connectivity index (χ4n) is 2.32. The van der Waals surface area contributed by atoms with Gasteiger partial charge in [-0.2, -0.15) is 8.42 Å². The van der Waals surface area contributed by atoms with Crippen LogP contribution in [-0.2, 0) is 10.2 Å². The first-order chi connectivity index (χ1) is 12.3. The number of benzene rings is 2. The second kappa shape index (κ2) is 8.44. The summed E-state index contributed by atoms with van der Waals surface area (Å²) in [6.07, 6.45) is 1.78. The largest absolute Gasteiger partial charge is 0.362 e. The van der Waals surface area contributed by atoms with Gasteiger partial charge in [-0.25, -0.2) is 4.72 Å². The summed E-state index contributed by atoms with van der Waals surface area (Å²) < 4.78 is 30.6. The van der Waals surface area contributed by atoms with Crippen molar-refractivity contribution in [3.63, 3.8) is 0 Å². The van der Waals surface area contributed by atoms with Crippen molar-refractivity contribution in [1.29, 1.82) is 0 Å². The summed E-state index contributed by atoms with van der Waals surface area (Å²) in [4.78, 5) is 13.7. The van der Waals surface area contributed by atoms with E-state index in [0.29, 0.717) is 5.57 Å². The number of allylic oxidation sites excluding steroid dienone is 1. The van der Waals surface area contributed by atoms with E-state index in [1.54, 1.807) is 50.2 Å². The molecular formula is C19H21N3O3S. The van der Waals surface area contributed by atoms with E-state index in [4.69, 9.17) is 0 Å². The average molecular weight is 371 g/mol. The van der Waals surface area contributed by atoms with Gasteiger partial charge in [0.05, 0.1) is 0 Å². The molecule has 1 amide bonds. The van der Waals surface area contributed by atoms with Gasteiger partial charge in [-0.1, -0.05) is 54.6 Å². The molecular weight excluding hydrogens is 350 g/mol. The number of rotatable bonds is 5. The Morgan fingerprint density at radius 3 is 1.92 bits per heavy atom. The van der Waals surface area contributed by atoms with Gasteiger partial charge in [-0.3, -0.25) is 4.79 Å². The van der Waals surface area contributed by atoms with Gasteiger partial charge < -0.3 is 4.90 Å². The quantitative estimate of drug-likeness (QED) is 0.647. The Bertz CT molecular complexity index is 919. The second-order valence-corrected chi connectivity index (χ2v) is 6.99. The molecule has 2 aromatic carbocycles. The van der Waals surface area contributed by atoms with E-state index in [2.05, 4.69) is 4.40 Å². The van der Waals surface area contributed by atoms with Crippen molar-refractivity contribution in [1.82, 2.24) is 9.62 Å². The van der Waals surface area contributed by atoms with Gasteiger partial charge in [0.25, 0.3) is 5.91 Å². The van der Waals surface area contributed by atoms with E-state index >= 15 is 0 Å². The molecule has 0 unspecified atom stereocenters. The number of amides is 1.